The molecule has 1 unspecified atom stereocenters. The van der Waals surface area contributed by atoms with Gasteiger partial charge >= 0.3 is 0 Å². The summed E-state index contributed by atoms with van der Waals surface area (Å²) in [5.41, 5.74) is 0.520. The average Bonchev–Trinajstić information content (AvgIpc) is 3.24. The fourth-order valence-electron chi connectivity index (χ4n) is 3.99. The zero-order valence-corrected chi connectivity index (χ0v) is 14.5. The highest BCUT2D eigenvalue weighted by molar-refractivity contribution is 4.93. The van der Waals surface area contributed by atoms with Gasteiger partial charge in [-0.05, 0) is 56.9 Å². The van der Waals surface area contributed by atoms with E-state index in [1.807, 2.05) is 7.11 Å². The third kappa shape index (κ3) is 5.22. The zero-order valence-electron chi connectivity index (χ0n) is 14.5. The molecule has 0 spiro atoms. The smallest absolute Gasteiger partial charge is 0.0589 e. The normalized spacial score (nSPS) is 22.9. The quantitative estimate of drug-likeness (QED) is 0.592. The van der Waals surface area contributed by atoms with Crippen LogP contribution >= 0.6 is 0 Å². The second-order valence-electron chi connectivity index (χ2n) is 7.43. The summed E-state index contributed by atoms with van der Waals surface area (Å²) in [7, 11) is 1.83. The van der Waals surface area contributed by atoms with Crippen LogP contribution in [0.25, 0.3) is 0 Å². The third-order valence-corrected chi connectivity index (χ3v) is 5.59. The molecule has 0 radical (unpaired) electrons. The monoisotopic (exact) mass is 296 g/mol. The van der Waals surface area contributed by atoms with Crippen LogP contribution in [0.2, 0.25) is 0 Å². The van der Waals surface area contributed by atoms with Crippen LogP contribution < -0.4 is 5.32 Å². The van der Waals surface area contributed by atoms with Gasteiger partial charge in [0.2, 0.25) is 0 Å². The fourth-order valence-corrected chi connectivity index (χ4v) is 3.99. The van der Waals surface area contributed by atoms with Gasteiger partial charge in [0.05, 0.1) is 6.61 Å². The van der Waals surface area contributed by atoms with Crippen molar-refractivity contribution in [3.63, 3.8) is 0 Å². The van der Waals surface area contributed by atoms with Crippen molar-refractivity contribution in [3.05, 3.63) is 0 Å². The van der Waals surface area contributed by atoms with Crippen molar-refractivity contribution < 1.29 is 4.74 Å². The molecule has 124 valence electrons. The van der Waals surface area contributed by atoms with E-state index in [9.17, 15) is 0 Å². The van der Waals surface area contributed by atoms with Crippen LogP contribution in [0, 0.1) is 11.3 Å². The SMILES string of the molecule is CCCNCC1(CN(CCOC)C(C)C2CC2)CCCC1. The molecule has 0 bridgehead atoms. The molecule has 21 heavy (non-hydrogen) atoms. The molecule has 2 fully saturated rings. The Morgan fingerprint density at radius 3 is 2.57 bits per heavy atom. The third-order valence-electron chi connectivity index (χ3n) is 5.59. The maximum absolute atomic E-state index is 5.36. The zero-order chi connectivity index (χ0) is 15.1. The van der Waals surface area contributed by atoms with Crippen LogP contribution in [0.4, 0.5) is 0 Å². The lowest BCUT2D eigenvalue weighted by molar-refractivity contribution is 0.0725. The van der Waals surface area contributed by atoms with Gasteiger partial charge in [0.15, 0.2) is 0 Å². The molecule has 1 N–H and O–H groups in total. The lowest BCUT2D eigenvalue weighted by atomic mass is 9.84. The number of hydrogen-bond acceptors (Lipinski definition) is 3. The summed E-state index contributed by atoms with van der Waals surface area (Å²) in [5.74, 6) is 0.948. The number of nitrogens with zero attached hydrogens (tertiary/aromatic N) is 1. The molecule has 2 rings (SSSR count). The van der Waals surface area contributed by atoms with E-state index in [-0.39, 0.29) is 0 Å². The maximum atomic E-state index is 5.36. The first-order chi connectivity index (χ1) is 10.2. The van der Waals surface area contributed by atoms with Crippen LogP contribution in [-0.4, -0.2) is 50.8 Å². The Hall–Kier alpha value is -0.120. The molecular weight excluding hydrogens is 260 g/mol. The van der Waals surface area contributed by atoms with Gasteiger partial charge in [-0.25, -0.2) is 0 Å². The summed E-state index contributed by atoms with van der Waals surface area (Å²) in [6.07, 6.45) is 9.77. The van der Waals surface area contributed by atoms with Crippen LogP contribution in [0.1, 0.15) is 58.8 Å². The molecule has 0 aliphatic heterocycles. The molecule has 3 nitrogen and oxygen atoms in total. The van der Waals surface area contributed by atoms with Gasteiger partial charge in [0, 0.05) is 32.8 Å². The lowest BCUT2D eigenvalue weighted by Crippen LogP contribution is -2.47. The van der Waals surface area contributed by atoms with Gasteiger partial charge in [-0.2, -0.15) is 0 Å². The largest absolute Gasteiger partial charge is 0.383 e. The first kappa shape index (κ1) is 17.2. The molecule has 2 aliphatic carbocycles. The standard InChI is InChI=1S/C18H36N2O/c1-4-11-19-14-18(9-5-6-10-18)15-20(12-13-21-3)16(2)17-7-8-17/h16-17,19H,4-15H2,1-3H3. The summed E-state index contributed by atoms with van der Waals surface area (Å²) in [5, 5.41) is 3.71. The van der Waals surface area contributed by atoms with Gasteiger partial charge in [-0.15, -0.1) is 0 Å². The van der Waals surface area contributed by atoms with E-state index in [2.05, 4.69) is 24.1 Å². The number of ether oxygens (including phenoxy) is 1. The van der Waals surface area contributed by atoms with Crippen LogP contribution in [-0.2, 0) is 4.74 Å². The summed E-state index contributed by atoms with van der Waals surface area (Å²) in [6.45, 7) is 10.3. The summed E-state index contributed by atoms with van der Waals surface area (Å²) in [6, 6.07) is 0.740. The molecule has 0 heterocycles. The van der Waals surface area contributed by atoms with Crippen molar-refractivity contribution in [1.82, 2.24) is 10.2 Å². The number of methoxy groups -OCH3 is 1. The Morgan fingerprint density at radius 2 is 2.00 bits per heavy atom. The Labute approximate surface area is 131 Å². The van der Waals surface area contributed by atoms with Crippen molar-refractivity contribution >= 4 is 0 Å². The number of rotatable bonds is 11. The van der Waals surface area contributed by atoms with Gasteiger partial charge in [-0.1, -0.05) is 19.8 Å². The summed E-state index contributed by atoms with van der Waals surface area (Å²) >= 11 is 0. The van der Waals surface area contributed by atoms with Crippen molar-refractivity contribution in [2.45, 2.75) is 64.8 Å². The molecule has 1 atom stereocenters. The van der Waals surface area contributed by atoms with E-state index < -0.39 is 0 Å². The molecule has 2 saturated carbocycles. The van der Waals surface area contributed by atoms with Gasteiger partial charge in [0.1, 0.15) is 0 Å². The van der Waals surface area contributed by atoms with E-state index >= 15 is 0 Å². The summed E-state index contributed by atoms with van der Waals surface area (Å²) < 4.78 is 5.36. The van der Waals surface area contributed by atoms with Crippen molar-refractivity contribution in [1.29, 1.82) is 0 Å². The van der Waals surface area contributed by atoms with Crippen molar-refractivity contribution in [3.8, 4) is 0 Å². The predicted octanol–water partition coefficient (Wildman–Crippen LogP) is 3.29. The molecule has 0 aromatic carbocycles. The minimum Gasteiger partial charge on any atom is -0.383 e. The first-order valence-corrected chi connectivity index (χ1v) is 9.14. The predicted molar refractivity (Wildman–Crippen MR) is 89.7 cm³/mol. The second kappa shape index (κ2) is 8.50. The van der Waals surface area contributed by atoms with Crippen LogP contribution in [0.15, 0.2) is 0 Å². The van der Waals surface area contributed by atoms with Gasteiger partial charge in [0.25, 0.3) is 0 Å². The molecule has 2 aliphatic rings. The Kier molecular flexibility index (Phi) is 6.97. The molecule has 0 aromatic heterocycles. The highest BCUT2D eigenvalue weighted by Gasteiger charge is 2.39. The van der Waals surface area contributed by atoms with E-state index in [1.54, 1.807) is 0 Å². The maximum Gasteiger partial charge on any atom is 0.0589 e. The molecule has 0 aromatic rings. The van der Waals surface area contributed by atoms with Gasteiger partial charge in [-0.3, -0.25) is 4.90 Å². The lowest BCUT2D eigenvalue weighted by Gasteiger charge is -2.39. The Bertz CT molecular complexity index is 285. The molecular formula is C18H36N2O. The molecule has 3 heteroatoms. The minimum atomic E-state index is 0.520. The fraction of sp³-hybridized carbons (Fsp3) is 1.00. The van der Waals surface area contributed by atoms with E-state index in [1.165, 1.54) is 58.0 Å². The molecule has 0 saturated heterocycles. The average molecular weight is 296 g/mol. The topological polar surface area (TPSA) is 24.5 Å². The second-order valence-corrected chi connectivity index (χ2v) is 7.43. The number of nitrogens with one attached hydrogen (secondary N) is 1. The Morgan fingerprint density at radius 1 is 1.29 bits per heavy atom. The molecule has 0 amide bonds. The van der Waals surface area contributed by atoms with Gasteiger partial charge < -0.3 is 10.1 Å². The van der Waals surface area contributed by atoms with Crippen molar-refractivity contribution in [2.24, 2.45) is 11.3 Å². The van der Waals surface area contributed by atoms with Crippen LogP contribution in [0.3, 0.4) is 0 Å². The summed E-state index contributed by atoms with van der Waals surface area (Å²) in [4.78, 5) is 2.74. The van der Waals surface area contributed by atoms with E-state index in [0.717, 1.165) is 31.7 Å². The van der Waals surface area contributed by atoms with Crippen LogP contribution in [0.5, 0.6) is 0 Å². The minimum absolute atomic E-state index is 0.520. The first-order valence-electron chi connectivity index (χ1n) is 9.14. The highest BCUT2D eigenvalue weighted by Crippen LogP contribution is 2.41. The number of hydrogen-bond donors (Lipinski definition) is 1. The van der Waals surface area contributed by atoms with Crippen molar-refractivity contribution in [2.75, 3.05) is 39.9 Å². The highest BCUT2D eigenvalue weighted by atomic mass is 16.5. The van der Waals surface area contributed by atoms with E-state index in [0.29, 0.717) is 5.41 Å². The Balaban J connectivity index is 1.93. The van der Waals surface area contributed by atoms with E-state index in [4.69, 9.17) is 4.74 Å².